The summed E-state index contributed by atoms with van der Waals surface area (Å²) in [7, 11) is -3.51. The fourth-order valence-electron chi connectivity index (χ4n) is 2.34. The topological polar surface area (TPSA) is 96.1 Å². The summed E-state index contributed by atoms with van der Waals surface area (Å²) in [6, 6.07) is 7.79. The molecule has 0 aliphatic heterocycles. The number of pyridine rings is 1. The smallest absolute Gasteiger partial charge is 0.253 e. The average molecular weight is 334 g/mol. The number of amides is 1. The van der Waals surface area contributed by atoms with Crippen LogP contribution in [0.5, 0.6) is 0 Å². The summed E-state index contributed by atoms with van der Waals surface area (Å²) in [5.41, 5.74) is 1.75. The van der Waals surface area contributed by atoms with Crippen LogP contribution in [0.2, 0.25) is 0 Å². The molecule has 0 saturated carbocycles. The predicted molar refractivity (Wildman–Crippen MR) is 87.3 cm³/mol. The molecule has 1 heterocycles. The molecular formula is C16H18N2O4S. The summed E-state index contributed by atoms with van der Waals surface area (Å²) in [5, 5.41) is 2.61. The van der Waals surface area contributed by atoms with Crippen LogP contribution < -0.4 is 10.9 Å². The number of H-pyrrole nitrogens is 1. The van der Waals surface area contributed by atoms with Gasteiger partial charge in [-0.25, -0.2) is 8.42 Å². The first-order valence-corrected chi connectivity index (χ1v) is 8.86. The van der Waals surface area contributed by atoms with Crippen LogP contribution >= 0.6 is 0 Å². The van der Waals surface area contributed by atoms with E-state index in [2.05, 4.69) is 10.3 Å². The molecule has 122 valence electrons. The van der Waals surface area contributed by atoms with Crippen molar-refractivity contribution in [1.29, 1.82) is 0 Å². The molecule has 0 atom stereocenters. The quantitative estimate of drug-likeness (QED) is 0.881. The molecule has 1 aromatic carbocycles. The lowest BCUT2D eigenvalue weighted by Gasteiger charge is -2.10. The molecule has 0 radical (unpaired) electrons. The van der Waals surface area contributed by atoms with Crippen LogP contribution in [-0.4, -0.2) is 25.6 Å². The van der Waals surface area contributed by atoms with Gasteiger partial charge in [0.1, 0.15) is 0 Å². The van der Waals surface area contributed by atoms with Crippen LogP contribution in [0, 0.1) is 13.8 Å². The minimum Gasteiger partial charge on any atom is -0.348 e. The highest BCUT2D eigenvalue weighted by Gasteiger charge is 2.18. The van der Waals surface area contributed by atoms with Crippen molar-refractivity contribution in [2.45, 2.75) is 25.3 Å². The Hall–Kier alpha value is -2.41. The van der Waals surface area contributed by atoms with E-state index in [1.165, 1.54) is 12.1 Å². The summed E-state index contributed by atoms with van der Waals surface area (Å²) < 4.78 is 23.5. The second-order valence-electron chi connectivity index (χ2n) is 5.39. The molecule has 2 N–H and O–H groups in total. The van der Waals surface area contributed by atoms with Gasteiger partial charge in [0.05, 0.1) is 10.5 Å². The first kappa shape index (κ1) is 17.0. The maximum atomic E-state index is 12.3. The van der Waals surface area contributed by atoms with Crippen molar-refractivity contribution >= 4 is 15.7 Å². The molecule has 0 aliphatic rings. The Morgan fingerprint density at radius 3 is 2.48 bits per heavy atom. The molecule has 6 nitrogen and oxygen atoms in total. The van der Waals surface area contributed by atoms with Gasteiger partial charge in [-0.1, -0.05) is 12.1 Å². The van der Waals surface area contributed by atoms with Crippen molar-refractivity contribution in [3.63, 3.8) is 0 Å². The highest BCUT2D eigenvalue weighted by atomic mass is 32.2. The summed E-state index contributed by atoms with van der Waals surface area (Å²) in [5.74, 6) is -0.537. The molecule has 0 aliphatic carbocycles. The summed E-state index contributed by atoms with van der Waals surface area (Å²) in [6.07, 6.45) is 1.05. The molecular weight excluding hydrogens is 316 g/mol. The van der Waals surface area contributed by atoms with E-state index in [0.717, 1.165) is 17.5 Å². The van der Waals surface area contributed by atoms with E-state index in [9.17, 15) is 18.0 Å². The molecule has 0 fully saturated rings. The maximum absolute atomic E-state index is 12.3. The van der Waals surface area contributed by atoms with Gasteiger partial charge in [-0.3, -0.25) is 9.59 Å². The number of sulfone groups is 1. The fraction of sp³-hybridized carbons (Fsp3) is 0.250. The van der Waals surface area contributed by atoms with Gasteiger partial charge in [-0.15, -0.1) is 0 Å². The average Bonchev–Trinajstić information content (AvgIpc) is 2.45. The van der Waals surface area contributed by atoms with Crippen molar-refractivity contribution in [3.05, 3.63) is 63.1 Å². The van der Waals surface area contributed by atoms with Crippen molar-refractivity contribution in [1.82, 2.24) is 10.3 Å². The lowest BCUT2D eigenvalue weighted by atomic mass is 10.1. The van der Waals surface area contributed by atoms with Gasteiger partial charge in [-0.2, -0.15) is 0 Å². The predicted octanol–water partition coefficient (Wildman–Crippen LogP) is 1.33. The Kier molecular flexibility index (Phi) is 4.70. The highest BCUT2D eigenvalue weighted by Crippen LogP contribution is 2.15. The lowest BCUT2D eigenvalue weighted by molar-refractivity contribution is 0.0947. The Morgan fingerprint density at radius 2 is 1.87 bits per heavy atom. The largest absolute Gasteiger partial charge is 0.348 e. The normalized spacial score (nSPS) is 11.3. The van der Waals surface area contributed by atoms with E-state index >= 15 is 0 Å². The van der Waals surface area contributed by atoms with Gasteiger partial charge < -0.3 is 10.3 Å². The third kappa shape index (κ3) is 3.87. The van der Waals surface area contributed by atoms with Gasteiger partial charge in [0, 0.05) is 24.1 Å². The molecule has 0 saturated heterocycles. The number of hydrogen-bond acceptors (Lipinski definition) is 4. The summed E-state index contributed by atoms with van der Waals surface area (Å²) in [4.78, 5) is 26.9. The molecule has 0 spiro atoms. The number of rotatable bonds is 4. The second kappa shape index (κ2) is 6.37. The monoisotopic (exact) mass is 334 g/mol. The molecule has 0 bridgehead atoms. The SMILES string of the molecule is Cc1cc(C)c(CNC(=O)c2ccccc2S(C)(=O)=O)c(=O)[nH]1. The Bertz CT molecular complexity index is 914. The molecule has 1 aromatic heterocycles. The number of carbonyl (C=O) groups is 1. The van der Waals surface area contributed by atoms with Crippen molar-refractivity contribution < 1.29 is 13.2 Å². The molecule has 0 unspecified atom stereocenters. The summed E-state index contributed by atoms with van der Waals surface area (Å²) >= 11 is 0. The number of carbonyl (C=O) groups excluding carboxylic acids is 1. The third-order valence-electron chi connectivity index (χ3n) is 3.45. The summed E-state index contributed by atoms with van der Waals surface area (Å²) in [6.45, 7) is 3.59. The molecule has 1 amide bonds. The van der Waals surface area contributed by atoms with Crippen LogP contribution in [0.3, 0.4) is 0 Å². The van der Waals surface area contributed by atoms with E-state index in [4.69, 9.17) is 0 Å². The highest BCUT2D eigenvalue weighted by molar-refractivity contribution is 7.90. The fourth-order valence-corrected chi connectivity index (χ4v) is 3.23. The second-order valence-corrected chi connectivity index (χ2v) is 7.38. The van der Waals surface area contributed by atoms with E-state index in [1.807, 2.05) is 6.07 Å². The minimum atomic E-state index is -3.51. The van der Waals surface area contributed by atoms with Crippen LogP contribution in [0.25, 0.3) is 0 Å². The van der Waals surface area contributed by atoms with Crippen molar-refractivity contribution in [2.24, 2.45) is 0 Å². The number of aromatic nitrogens is 1. The molecule has 2 aromatic rings. The number of hydrogen-bond donors (Lipinski definition) is 2. The zero-order valence-corrected chi connectivity index (χ0v) is 14.0. The number of aromatic amines is 1. The Morgan fingerprint density at radius 1 is 1.22 bits per heavy atom. The molecule has 7 heteroatoms. The van der Waals surface area contributed by atoms with Crippen LogP contribution in [-0.2, 0) is 16.4 Å². The number of aryl methyl sites for hydroxylation is 2. The van der Waals surface area contributed by atoms with E-state index in [1.54, 1.807) is 26.0 Å². The van der Waals surface area contributed by atoms with Gasteiger partial charge in [-0.05, 0) is 37.6 Å². The third-order valence-corrected chi connectivity index (χ3v) is 4.61. The van der Waals surface area contributed by atoms with Gasteiger partial charge in [0.25, 0.3) is 11.5 Å². The van der Waals surface area contributed by atoms with Crippen molar-refractivity contribution in [3.8, 4) is 0 Å². The molecule has 23 heavy (non-hydrogen) atoms. The first-order chi connectivity index (χ1) is 10.7. The van der Waals surface area contributed by atoms with E-state index in [-0.39, 0.29) is 22.6 Å². The van der Waals surface area contributed by atoms with E-state index < -0.39 is 15.7 Å². The van der Waals surface area contributed by atoms with Crippen LogP contribution in [0.4, 0.5) is 0 Å². The number of benzene rings is 1. The van der Waals surface area contributed by atoms with Gasteiger partial charge in [0.2, 0.25) is 0 Å². The van der Waals surface area contributed by atoms with Gasteiger partial charge >= 0.3 is 0 Å². The zero-order chi connectivity index (χ0) is 17.2. The zero-order valence-electron chi connectivity index (χ0n) is 13.1. The number of nitrogens with one attached hydrogen (secondary N) is 2. The van der Waals surface area contributed by atoms with Gasteiger partial charge in [0.15, 0.2) is 9.84 Å². The Labute approximate surface area is 134 Å². The van der Waals surface area contributed by atoms with Crippen LogP contribution in [0.15, 0.2) is 40.0 Å². The lowest BCUT2D eigenvalue weighted by Crippen LogP contribution is -2.28. The first-order valence-electron chi connectivity index (χ1n) is 6.97. The molecule has 2 rings (SSSR count). The maximum Gasteiger partial charge on any atom is 0.253 e. The Balaban J connectivity index is 2.27. The van der Waals surface area contributed by atoms with Crippen molar-refractivity contribution in [2.75, 3.05) is 6.26 Å². The van der Waals surface area contributed by atoms with Crippen LogP contribution in [0.1, 0.15) is 27.2 Å². The van der Waals surface area contributed by atoms with E-state index in [0.29, 0.717) is 5.56 Å². The minimum absolute atomic E-state index is 0.0262. The standard InChI is InChI=1S/C16H18N2O4S/c1-10-8-11(2)18-16(20)13(10)9-17-15(19)12-6-4-5-7-14(12)23(3,21)22/h4-8H,9H2,1-3H3,(H,17,19)(H,18,20).